The van der Waals surface area contributed by atoms with Crippen LogP contribution in [0.4, 0.5) is 0 Å². The summed E-state index contributed by atoms with van der Waals surface area (Å²) < 4.78 is 9.84. The molecule has 0 aromatic heterocycles. The van der Waals surface area contributed by atoms with Gasteiger partial charge in [0.2, 0.25) is 0 Å². The zero-order valence-electron chi connectivity index (χ0n) is 6.84. The van der Waals surface area contributed by atoms with Gasteiger partial charge in [-0.2, -0.15) is 0 Å². The molecule has 65 valence electrons. The van der Waals surface area contributed by atoms with Crippen LogP contribution in [0.3, 0.4) is 0 Å². The number of hydrogen-bond acceptors (Lipinski definition) is 2. The van der Waals surface area contributed by atoms with Crippen molar-refractivity contribution in [2.75, 3.05) is 13.9 Å². The van der Waals surface area contributed by atoms with Crippen LogP contribution < -0.4 is 0 Å². The Kier molecular flexibility index (Phi) is 4.08. The Morgan fingerprint density at radius 3 is 3.08 bits per heavy atom. The minimum absolute atomic E-state index is 0.292. The molecule has 1 rings (SSSR count). The van der Waals surface area contributed by atoms with Gasteiger partial charge in [0.05, 0.1) is 6.61 Å². The number of benzene rings is 1. The van der Waals surface area contributed by atoms with Crippen LogP contribution in [0.25, 0.3) is 0 Å². The van der Waals surface area contributed by atoms with Crippen LogP contribution in [0.2, 0.25) is 5.02 Å². The topological polar surface area (TPSA) is 18.5 Å². The standard InChI is InChI=1S/C9H10ClO2/c1-11-7-12-6-8-3-2-4-9(10)5-8/h2,4-5H,6-7H2,1H3. The number of methoxy groups -OCH3 is 1. The van der Waals surface area contributed by atoms with E-state index in [4.69, 9.17) is 21.1 Å². The Balaban J connectivity index is 2.41. The lowest BCUT2D eigenvalue weighted by atomic mass is 10.2. The summed E-state index contributed by atoms with van der Waals surface area (Å²) in [4.78, 5) is 0. The fourth-order valence-electron chi connectivity index (χ4n) is 0.803. The molecule has 0 aliphatic heterocycles. The van der Waals surface area contributed by atoms with E-state index in [-0.39, 0.29) is 0 Å². The van der Waals surface area contributed by atoms with Crippen LogP contribution in [0, 0.1) is 6.07 Å². The summed E-state index contributed by atoms with van der Waals surface area (Å²) in [5.74, 6) is 0. The summed E-state index contributed by atoms with van der Waals surface area (Å²) in [6, 6.07) is 8.37. The monoisotopic (exact) mass is 185 g/mol. The lowest BCUT2D eigenvalue weighted by molar-refractivity contribution is -0.0391. The van der Waals surface area contributed by atoms with Gasteiger partial charge in [0.15, 0.2) is 0 Å². The highest BCUT2D eigenvalue weighted by atomic mass is 35.5. The van der Waals surface area contributed by atoms with E-state index in [2.05, 4.69) is 6.07 Å². The summed E-state index contributed by atoms with van der Waals surface area (Å²) in [5.41, 5.74) is 0.930. The second-order valence-corrected chi connectivity index (χ2v) is 2.72. The Morgan fingerprint density at radius 1 is 1.58 bits per heavy atom. The Labute approximate surface area is 77.1 Å². The van der Waals surface area contributed by atoms with E-state index in [0.717, 1.165) is 5.56 Å². The zero-order chi connectivity index (χ0) is 8.81. The van der Waals surface area contributed by atoms with Crippen molar-refractivity contribution in [3.63, 3.8) is 0 Å². The molecule has 12 heavy (non-hydrogen) atoms. The fourth-order valence-corrected chi connectivity index (χ4v) is 0.998. The Morgan fingerprint density at radius 2 is 2.42 bits per heavy atom. The lowest BCUT2D eigenvalue weighted by Gasteiger charge is -2.02. The number of hydrogen-bond donors (Lipinski definition) is 0. The number of ether oxygens (including phenoxy) is 2. The van der Waals surface area contributed by atoms with Gasteiger partial charge in [-0.1, -0.05) is 17.7 Å². The van der Waals surface area contributed by atoms with Gasteiger partial charge < -0.3 is 9.47 Å². The van der Waals surface area contributed by atoms with E-state index in [0.29, 0.717) is 18.4 Å². The molecule has 0 spiro atoms. The van der Waals surface area contributed by atoms with Gasteiger partial charge in [-0.25, -0.2) is 0 Å². The van der Waals surface area contributed by atoms with Crippen LogP contribution in [-0.4, -0.2) is 13.9 Å². The van der Waals surface area contributed by atoms with Crippen molar-refractivity contribution >= 4 is 11.6 Å². The molecule has 1 aromatic carbocycles. The van der Waals surface area contributed by atoms with Crippen molar-refractivity contribution in [1.82, 2.24) is 0 Å². The lowest BCUT2D eigenvalue weighted by Crippen LogP contribution is -1.96. The largest absolute Gasteiger partial charge is 0.359 e. The minimum atomic E-state index is 0.292. The molecule has 1 aromatic rings. The number of halogens is 1. The molecule has 3 heteroatoms. The maximum absolute atomic E-state index is 5.75. The first-order valence-electron chi connectivity index (χ1n) is 3.55. The first-order chi connectivity index (χ1) is 5.83. The van der Waals surface area contributed by atoms with E-state index in [1.165, 1.54) is 0 Å². The van der Waals surface area contributed by atoms with Crippen molar-refractivity contribution in [3.05, 3.63) is 34.9 Å². The number of rotatable bonds is 4. The molecule has 1 radical (unpaired) electrons. The third kappa shape index (κ3) is 3.22. The summed E-state index contributed by atoms with van der Waals surface area (Å²) in [7, 11) is 1.59. The molecule has 0 amide bonds. The van der Waals surface area contributed by atoms with Gasteiger partial charge in [-0.15, -0.1) is 0 Å². The van der Waals surface area contributed by atoms with Crippen molar-refractivity contribution in [3.8, 4) is 0 Å². The van der Waals surface area contributed by atoms with Crippen molar-refractivity contribution < 1.29 is 9.47 Å². The molecule has 0 bridgehead atoms. The molecule has 0 unspecified atom stereocenters. The van der Waals surface area contributed by atoms with Gasteiger partial charge >= 0.3 is 0 Å². The predicted molar refractivity (Wildman–Crippen MR) is 47.0 cm³/mol. The maximum atomic E-state index is 5.75. The van der Waals surface area contributed by atoms with Crippen LogP contribution in [0.15, 0.2) is 18.2 Å². The van der Waals surface area contributed by atoms with Gasteiger partial charge in [0.25, 0.3) is 0 Å². The van der Waals surface area contributed by atoms with Crippen LogP contribution in [-0.2, 0) is 16.1 Å². The highest BCUT2D eigenvalue weighted by Gasteiger charge is 1.93. The van der Waals surface area contributed by atoms with Crippen LogP contribution >= 0.6 is 11.6 Å². The second-order valence-electron chi connectivity index (χ2n) is 2.29. The van der Waals surface area contributed by atoms with Gasteiger partial charge in [-0.3, -0.25) is 0 Å². The molecule has 0 heterocycles. The first-order valence-corrected chi connectivity index (χ1v) is 3.93. The second kappa shape index (κ2) is 5.14. The highest BCUT2D eigenvalue weighted by Crippen LogP contribution is 2.10. The molecule has 0 saturated heterocycles. The van der Waals surface area contributed by atoms with E-state index in [9.17, 15) is 0 Å². The summed E-state index contributed by atoms with van der Waals surface area (Å²) >= 11 is 5.75. The maximum Gasteiger partial charge on any atom is 0.146 e. The van der Waals surface area contributed by atoms with Crippen molar-refractivity contribution in [2.24, 2.45) is 0 Å². The Hall–Kier alpha value is -0.570. The summed E-state index contributed by atoms with van der Waals surface area (Å²) in [6.07, 6.45) is 0. The third-order valence-electron chi connectivity index (χ3n) is 1.28. The highest BCUT2D eigenvalue weighted by molar-refractivity contribution is 6.30. The Bertz CT molecular complexity index is 238. The van der Waals surface area contributed by atoms with Gasteiger partial charge in [-0.05, 0) is 23.8 Å². The molecule has 0 N–H and O–H groups in total. The van der Waals surface area contributed by atoms with Crippen molar-refractivity contribution in [2.45, 2.75) is 6.61 Å². The third-order valence-corrected chi connectivity index (χ3v) is 1.52. The average Bonchev–Trinajstić information content (AvgIpc) is 2.05. The van der Waals surface area contributed by atoms with Crippen molar-refractivity contribution in [1.29, 1.82) is 0 Å². The predicted octanol–water partition coefficient (Wildman–Crippen LogP) is 2.26. The summed E-state index contributed by atoms with van der Waals surface area (Å²) in [6.45, 7) is 0.773. The summed E-state index contributed by atoms with van der Waals surface area (Å²) in [5, 5.41) is 0.699. The fraction of sp³-hybridized carbons (Fsp3) is 0.333. The van der Waals surface area contributed by atoms with E-state index < -0.39 is 0 Å². The molecule has 0 atom stereocenters. The molecule has 0 fully saturated rings. The molecular formula is C9H10ClO2. The SMILES string of the molecule is COCOCc1[c]ccc(Cl)c1. The quantitative estimate of drug-likeness (QED) is 0.529. The van der Waals surface area contributed by atoms with Crippen LogP contribution in [0.5, 0.6) is 0 Å². The minimum Gasteiger partial charge on any atom is -0.359 e. The van der Waals surface area contributed by atoms with Gasteiger partial charge in [0, 0.05) is 12.1 Å². The molecule has 2 nitrogen and oxygen atoms in total. The molecule has 0 saturated carbocycles. The zero-order valence-corrected chi connectivity index (χ0v) is 7.60. The molecular weight excluding hydrogens is 176 g/mol. The van der Waals surface area contributed by atoms with Gasteiger partial charge in [0.1, 0.15) is 6.79 Å². The van der Waals surface area contributed by atoms with E-state index in [1.54, 1.807) is 19.2 Å². The molecule has 0 aliphatic rings. The average molecular weight is 186 g/mol. The first kappa shape index (κ1) is 9.52. The van der Waals surface area contributed by atoms with E-state index >= 15 is 0 Å². The normalized spacial score (nSPS) is 10.2. The molecule has 0 aliphatic carbocycles. The smallest absolute Gasteiger partial charge is 0.146 e. The van der Waals surface area contributed by atoms with E-state index in [1.807, 2.05) is 6.07 Å². The van der Waals surface area contributed by atoms with Crippen LogP contribution in [0.1, 0.15) is 5.56 Å².